The van der Waals surface area contributed by atoms with E-state index in [4.69, 9.17) is 14.7 Å². The molecule has 0 spiro atoms. The summed E-state index contributed by atoms with van der Waals surface area (Å²) < 4.78 is 10.5. The lowest BCUT2D eigenvalue weighted by Crippen LogP contribution is -2.39. The van der Waals surface area contributed by atoms with Crippen molar-refractivity contribution in [2.45, 2.75) is 39.2 Å². The Morgan fingerprint density at radius 2 is 2.38 bits per heavy atom. The number of hydrogen-bond donors (Lipinski definition) is 0. The number of nitrogens with zero attached hydrogens (tertiary/aromatic N) is 1. The van der Waals surface area contributed by atoms with Gasteiger partial charge in [-0.25, -0.2) is 0 Å². The lowest BCUT2D eigenvalue weighted by Gasteiger charge is -2.36. The molecule has 0 bridgehead atoms. The molecule has 1 aliphatic heterocycles. The quantitative estimate of drug-likeness (QED) is 0.688. The molecular formula is C12H19NO3. The molecule has 1 fully saturated rings. The minimum absolute atomic E-state index is 0.0489. The first-order chi connectivity index (χ1) is 7.50. The van der Waals surface area contributed by atoms with Crippen LogP contribution in [-0.4, -0.2) is 24.8 Å². The summed E-state index contributed by atoms with van der Waals surface area (Å²) in [6.45, 7) is 6.65. The Kier molecular flexibility index (Phi) is 4.31. The average Bonchev–Trinajstić information content (AvgIpc) is 2.17. The Morgan fingerprint density at radius 1 is 1.69 bits per heavy atom. The van der Waals surface area contributed by atoms with E-state index in [1.807, 2.05) is 13.8 Å². The molecule has 2 atom stereocenters. The molecule has 0 N–H and O–H groups in total. The van der Waals surface area contributed by atoms with Gasteiger partial charge in [0.25, 0.3) is 0 Å². The summed E-state index contributed by atoms with van der Waals surface area (Å²) in [4.78, 5) is 11.6. The average molecular weight is 225 g/mol. The van der Waals surface area contributed by atoms with Crippen molar-refractivity contribution >= 4 is 5.97 Å². The van der Waals surface area contributed by atoms with Crippen molar-refractivity contribution in [2.75, 3.05) is 13.2 Å². The van der Waals surface area contributed by atoms with Gasteiger partial charge >= 0.3 is 5.97 Å². The molecule has 0 saturated carbocycles. The van der Waals surface area contributed by atoms with E-state index < -0.39 is 11.9 Å². The minimum atomic E-state index is -0.650. The normalized spacial score (nSPS) is 25.5. The van der Waals surface area contributed by atoms with Crippen molar-refractivity contribution in [3.8, 4) is 6.07 Å². The topological polar surface area (TPSA) is 59.3 Å². The maximum Gasteiger partial charge on any atom is 0.323 e. The van der Waals surface area contributed by atoms with Gasteiger partial charge in [0.2, 0.25) is 0 Å². The second kappa shape index (κ2) is 5.31. The number of esters is 1. The summed E-state index contributed by atoms with van der Waals surface area (Å²) in [5.74, 6) is -0.997. The van der Waals surface area contributed by atoms with Gasteiger partial charge in [0.1, 0.15) is 5.92 Å². The third-order valence-electron chi connectivity index (χ3n) is 2.89. The van der Waals surface area contributed by atoms with Gasteiger partial charge < -0.3 is 9.47 Å². The molecule has 0 aromatic carbocycles. The number of rotatable bonds is 3. The largest absolute Gasteiger partial charge is 0.465 e. The summed E-state index contributed by atoms with van der Waals surface area (Å²) in [5.41, 5.74) is -0.246. The molecule has 1 saturated heterocycles. The lowest BCUT2D eigenvalue weighted by molar-refractivity contribution is -0.151. The standard InChI is InChI=1S/C12H19NO3/c1-4-15-11(14)10(8-13)9-5-6-16-12(2,3)7-9/h9-10H,4-7H2,1-3H3. The summed E-state index contributed by atoms with van der Waals surface area (Å²) in [6.07, 6.45) is 1.48. The van der Waals surface area contributed by atoms with E-state index in [9.17, 15) is 4.79 Å². The smallest absolute Gasteiger partial charge is 0.323 e. The first-order valence-corrected chi connectivity index (χ1v) is 5.70. The van der Waals surface area contributed by atoms with Crippen molar-refractivity contribution < 1.29 is 14.3 Å². The SMILES string of the molecule is CCOC(=O)C(C#N)C1CCOC(C)(C)C1. The second-order valence-corrected chi connectivity index (χ2v) is 4.72. The molecule has 0 aliphatic carbocycles. The third kappa shape index (κ3) is 3.21. The van der Waals surface area contributed by atoms with E-state index in [-0.39, 0.29) is 11.5 Å². The molecule has 1 heterocycles. The predicted molar refractivity (Wildman–Crippen MR) is 58.5 cm³/mol. The Hall–Kier alpha value is -1.08. The molecule has 0 aromatic rings. The van der Waals surface area contributed by atoms with Gasteiger partial charge in [-0.3, -0.25) is 4.79 Å². The number of carbonyl (C=O) groups is 1. The van der Waals surface area contributed by atoms with Crippen LogP contribution in [0.5, 0.6) is 0 Å². The fourth-order valence-corrected chi connectivity index (χ4v) is 2.15. The van der Waals surface area contributed by atoms with E-state index >= 15 is 0 Å². The van der Waals surface area contributed by atoms with Crippen LogP contribution < -0.4 is 0 Å². The second-order valence-electron chi connectivity index (χ2n) is 4.72. The van der Waals surface area contributed by atoms with Gasteiger partial charge in [-0.15, -0.1) is 0 Å². The fraction of sp³-hybridized carbons (Fsp3) is 0.833. The molecule has 2 unspecified atom stereocenters. The summed E-state index contributed by atoms with van der Waals surface area (Å²) >= 11 is 0. The molecule has 0 amide bonds. The van der Waals surface area contributed by atoms with Crippen molar-refractivity contribution in [3.63, 3.8) is 0 Å². The molecule has 0 radical (unpaired) electrons. The molecule has 4 nitrogen and oxygen atoms in total. The molecule has 1 rings (SSSR count). The maximum absolute atomic E-state index is 11.6. The zero-order valence-electron chi connectivity index (χ0n) is 10.2. The lowest BCUT2D eigenvalue weighted by atomic mass is 9.80. The highest BCUT2D eigenvalue weighted by molar-refractivity contribution is 5.75. The van der Waals surface area contributed by atoms with E-state index in [1.54, 1.807) is 6.92 Å². The number of hydrogen-bond acceptors (Lipinski definition) is 4. The highest BCUT2D eigenvalue weighted by Gasteiger charge is 2.37. The zero-order valence-corrected chi connectivity index (χ0v) is 10.2. The maximum atomic E-state index is 11.6. The Bertz CT molecular complexity index is 293. The minimum Gasteiger partial charge on any atom is -0.465 e. The van der Waals surface area contributed by atoms with E-state index in [2.05, 4.69) is 6.07 Å². The van der Waals surface area contributed by atoms with Crippen molar-refractivity contribution in [1.82, 2.24) is 0 Å². The highest BCUT2D eigenvalue weighted by atomic mass is 16.5. The monoisotopic (exact) mass is 225 g/mol. The van der Waals surface area contributed by atoms with Crippen LogP contribution in [0.1, 0.15) is 33.6 Å². The molecule has 90 valence electrons. The fourth-order valence-electron chi connectivity index (χ4n) is 2.15. The van der Waals surface area contributed by atoms with Crippen LogP contribution in [0, 0.1) is 23.2 Å². The van der Waals surface area contributed by atoms with Crippen molar-refractivity contribution in [3.05, 3.63) is 0 Å². The zero-order chi connectivity index (χ0) is 12.2. The van der Waals surface area contributed by atoms with Gasteiger partial charge in [0, 0.05) is 6.61 Å². The van der Waals surface area contributed by atoms with Crippen LogP contribution in [0.2, 0.25) is 0 Å². The molecule has 1 aliphatic rings. The van der Waals surface area contributed by atoms with Crippen molar-refractivity contribution in [2.24, 2.45) is 11.8 Å². The van der Waals surface area contributed by atoms with Gasteiger partial charge in [-0.05, 0) is 39.5 Å². The van der Waals surface area contributed by atoms with Crippen LogP contribution in [0.4, 0.5) is 0 Å². The van der Waals surface area contributed by atoms with Gasteiger partial charge in [0.05, 0.1) is 18.3 Å². The Balaban J connectivity index is 2.67. The summed E-state index contributed by atoms with van der Waals surface area (Å²) in [7, 11) is 0. The Labute approximate surface area is 96.5 Å². The van der Waals surface area contributed by atoms with Crippen molar-refractivity contribution in [1.29, 1.82) is 5.26 Å². The summed E-state index contributed by atoms with van der Waals surface area (Å²) in [6, 6.07) is 2.06. The molecular weight excluding hydrogens is 206 g/mol. The molecule has 4 heteroatoms. The van der Waals surface area contributed by atoms with E-state index in [0.29, 0.717) is 13.2 Å². The van der Waals surface area contributed by atoms with Crippen LogP contribution in [0.25, 0.3) is 0 Å². The number of carbonyl (C=O) groups excluding carboxylic acids is 1. The van der Waals surface area contributed by atoms with E-state index in [1.165, 1.54) is 0 Å². The van der Waals surface area contributed by atoms with Crippen LogP contribution >= 0.6 is 0 Å². The molecule has 16 heavy (non-hydrogen) atoms. The predicted octanol–water partition coefficient (Wildman–Crippen LogP) is 1.89. The van der Waals surface area contributed by atoms with E-state index in [0.717, 1.165) is 12.8 Å². The van der Waals surface area contributed by atoms with Gasteiger partial charge in [-0.2, -0.15) is 5.26 Å². The third-order valence-corrected chi connectivity index (χ3v) is 2.89. The van der Waals surface area contributed by atoms with Crippen LogP contribution in [0.3, 0.4) is 0 Å². The summed E-state index contributed by atoms with van der Waals surface area (Å²) in [5, 5.41) is 9.05. The first kappa shape index (κ1) is 13.0. The number of ether oxygens (including phenoxy) is 2. The highest BCUT2D eigenvalue weighted by Crippen LogP contribution is 2.33. The Morgan fingerprint density at radius 3 is 2.88 bits per heavy atom. The van der Waals surface area contributed by atoms with Crippen LogP contribution in [-0.2, 0) is 14.3 Å². The van der Waals surface area contributed by atoms with Crippen LogP contribution in [0.15, 0.2) is 0 Å². The number of nitriles is 1. The first-order valence-electron chi connectivity index (χ1n) is 5.70. The molecule has 0 aromatic heterocycles. The van der Waals surface area contributed by atoms with Gasteiger partial charge in [0.15, 0.2) is 0 Å². The van der Waals surface area contributed by atoms with Gasteiger partial charge in [-0.1, -0.05) is 0 Å².